The molecule has 0 aromatic carbocycles. The molecule has 2 heteroatoms. The average molecular weight is 283 g/mol. The lowest BCUT2D eigenvalue weighted by molar-refractivity contribution is 0.0849. The van der Waals surface area contributed by atoms with E-state index in [4.69, 9.17) is 0 Å². The van der Waals surface area contributed by atoms with Crippen LogP contribution in [0.2, 0.25) is 0 Å². The van der Waals surface area contributed by atoms with Crippen LogP contribution in [-0.2, 0) is 0 Å². The molecule has 0 amide bonds. The molecular weight excluding hydrogens is 246 g/mol. The van der Waals surface area contributed by atoms with Gasteiger partial charge in [0.2, 0.25) is 0 Å². The maximum atomic E-state index is 9.68. The molecular formula is C18H37NO. The molecule has 0 aromatic heterocycles. The predicted molar refractivity (Wildman–Crippen MR) is 88.1 cm³/mol. The highest BCUT2D eigenvalue weighted by molar-refractivity contribution is 4.83. The van der Waals surface area contributed by atoms with Gasteiger partial charge in [-0.3, -0.25) is 0 Å². The number of aliphatic hydroxyl groups is 1. The highest BCUT2D eigenvalue weighted by atomic mass is 16.3. The molecule has 0 radical (unpaired) electrons. The summed E-state index contributed by atoms with van der Waals surface area (Å²) in [7, 11) is 0. The summed E-state index contributed by atoms with van der Waals surface area (Å²) < 4.78 is 0. The van der Waals surface area contributed by atoms with E-state index < -0.39 is 0 Å². The van der Waals surface area contributed by atoms with Gasteiger partial charge in [-0.25, -0.2) is 0 Å². The number of aliphatic hydroxyl groups excluding tert-OH is 1. The van der Waals surface area contributed by atoms with Crippen molar-refractivity contribution >= 4 is 0 Å². The van der Waals surface area contributed by atoms with E-state index in [1.165, 1.54) is 70.6 Å². The zero-order chi connectivity index (χ0) is 14.6. The molecule has 0 aromatic rings. The van der Waals surface area contributed by atoms with Gasteiger partial charge in [-0.2, -0.15) is 0 Å². The summed E-state index contributed by atoms with van der Waals surface area (Å²) in [5.41, 5.74) is 0. The van der Waals surface area contributed by atoms with Crippen molar-refractivity contribution in [2.75, 3.05) is 0 Å². The van der Waals surface area contributed by atoms with Crippen molar-refractivity contribution in [1.29, 1.82) is 0 Å². The van der Waals surface area contributed by atoms with Crippen molar-refractivity contribution in [3.05, 3.63) is 0 Å². The van der Waals surface area contributed by atoms with Crippen LogP contribution in [-0.4, -0.2) is 23.3 Å². The first kappa shape index (κ1) is 18.0. The molecule has 0 spiro atoms. The summed E-state index contributed by atoms with van der Waals surface area (Å²) in [5, 5.41) is 13.2. The average Bonchev–Trinajstić information content (AvgIpc) is 2.45. The lowest BCUT2D eigenvalue weighted by Crippen LogP contribution is -2.48. The maximum Gasteiger partial charge on any atom is 0.0691 e. The van der Waals surface area contributed by atoms with Crippen molar-refractivity contribution < 1.29 is 5.11 Å². The minimum atomic E-state index is -0.126. The van der Waals surface area contributed by atoms with Gasteiger partial charge in [0.15, 0.2) is 0 Å². The van der Waals surface area contributed by atoms with E-state index >= 15 is 0 Å². The molecule has 1 aliphatic rings. The largest absolute Gasteiger partial charge is 0.392 e. The first-order valence-electron chi connectivity index (χ1n) is 9.18. The zero-order valence-corrected chi connectivity index (χ0v) is 13.9. The number of hydrogen-bond acceptors (Lipinski definition) is 2. The monoisotopic (exact) mass is 283 g/mol. The minimum Gasteiger partial charge on any atom is -0.392 e. The lowest BCUT2D eigenvalue weighted by Gasteiger charge is -2.32. The van der Waals surface area contributed by atoms with Crippen LogP contribution in [0.1, 0.15) is 97.3 Å². The molecule has 2 nitrogen and oxygen atoms in total. The number of hydrogen-bond donors (Lipinski definition) is 2. The molecule has 1 aliphatic heterocycles. The lowest BCUT2D eigenvalue weighted by atomic mass is 9.93. The quantitative estimate of drug-likeness (QED) is 0.534. The summed E-state index contributed by atoms with van der Waals surface area (Å²) in [6.45, 7) is 4.39. The van der Waals surface area contributed by atoms with Crippen LogP contribution in [0.4, 0.5) is 0 Å². The van der Waals surface area contributed by atoms with Gasteiger partial charge in [0.1, 0.15) is 0 Å². The van der Waals surface area contributed by atoms with Gasteiger partial charge in [-0.1, -0.05) is 71.1 Å². The van der Waals surface area contributed by atoms with Crippen LogP contribution in [0.25, 0.3) is 0 Å². The zero-order valence-electron chi connectivity index (χ0n) is 13.9. The fourth-order valence-electron chi connectivity index (χ4n) is 3.29. The molecule has 1 rings (SSSR count). The smallest absolute Gasteiger partial charge is 0.0691 e. The second-order valence-electron chi connectivity index (χ2n) is 6.77. The highest BCUT2D eigenvalue weighted by Crippen LogP contribution is 2.18. The van der Waals surface area contributed by atoms with Gasteiger partial charge >= 0.3 is 0 Å². The van der Waals surface area contributed by atoms with Crippen LogP contribution in [0.3, 0.4) is 0 Å². The van der Waals surface area contributed by atoms with E-state index in [0.717, 1.165) is 12.8 Å². The van der Waals surface area contributed by atoms with Crippen molar-refractivity contribution in [3.8, 4) is 0 Å². The van der Waals surface area contributed by atoms with Crippen molar-refractivity contribution in [3.63, 3.8) is 0 Å². The summed E-state index contributed by atoms with van der Waals surface area (Å²) >= 11 is 0. The topological polar surface area (TPSA) is 32.3 Å². The number of unbranched alkanes of at least 4 members (excludes halogenated alkanes) is 9. The Bertz CT molecular complexity index is 219. The Kier molecular flexibility index (Phi) is 10.4. The van der Waals surface area contributed by atoms with E-state index in [1.54, 1.807) is 0 Å². The molecule has 1 saturated heterocycles. The molecule has 0 bridgehead atoms. The van der Waals surface area contributed by atoms with Crippen LogP contribution >= 0.6 is 0 Å². The van der Waals surface area contributed by atoms with E-state index in [-0.39, 0.29) is 12.1 Å². The molecule has 1 fully saturated rings. The Morgan fingerprint density at radius 1 is 0.850 bits per heavy atom. The van der Waals surface area contributed by atoms with Crippen LogP contribution in [0.5, 0.6) is 0 Å². The molecule has 0 aliphatic carbocycles. The second-order valence-corrected chi connectivity index (χ2v) is 6.77. The molecule has 20 heavy (non-hydrogen) atoms. The Morgan fingerprint density at radius 2 is 1.40 bits per heavy atom. The maximum absolute atomic E-state index is 9.68. The molecule has 1 heterocycles. The van der Waals surface area contributed by atoms with E-state index in [0.29, 0.717) is 6.04 Å². The molecule has 0 unspecified atom stereocenters. The van der Waals surface area contributed by atoms with Crippen LogP contribution < -0.4 is 5.32 Å². The summed E-state index contributed by atoms with van der Waals surface area (Å²) in [6, 6.07) is 0.944. The summed E-state index contributed by atoms with van der Waals surface area (Å²) in [4.78, 5) is 0. The standard InChI is InChI=1S/C18H37NO/c1-3-4-5-6-7-8-9-10-11-12-13-17-14-15-18(20)16(2)19-17/h16-20H,3-15H2,1-2H3/t16-,17+,18-/m0/s1. The van der Waals surface area contributed by atoms with Gasteiger partial charge in [-0.15, -0.1) is 0 Å². The number of piperidine rings is 1. The Hall–Kier alpha value is -0.0800. The van der Waals surface area contributed by atoms with E-state index in [2.05, 4.69) is 19.2 Å². The fraction of sp³-hybridized carbons (Fsp3) is 1.00. The number of nitrogens with one attached hydrogen (secondary N) is 1. The van der Waals surface area contributed by atoms with E-state index in [1.807, 2.05) is 0 Å². The van der Waals surface area contributed by atoms with Gasteiger partial charge < -0.3 is 10.4 Å². The minimum absolute atomic E-state index is 0.126. The Morgan fingerprint density at radius 3 is 1.95 bits per heavy atom. The molecule has 120 valence electrons. The SMILES string of the molecule is CCCCCCCCCCCC[C@@H]1CC[C@H](O)[C@H](C)N1. The van der Waals surface area contributed by atoms with Crippen LogP contribution in [0, 0.1) is 0 Å². The molecule has 2 N–H and O–H groups in total. The van der Waals surface area contributed by atoms with Crippen molar-refractivity contribution in [2.45, 2.75) is 116 Å². The third-order valence-corrected chi connectivity index (χ3v) is 4.79. The first-order chi connectivity index (χ1) is 9.74. The van der Waals surface area contributed by atoms with Gasteiger partial charge in [0, 0.05) is 12.1 Å². The Labute approximate surface area is 126 Å². The third-order valence-electron chi connectivity index (χ3n) is 4.79. The van der Waals surface area contributed by atoms with Crippen molar-refractivity contribution in [2.24, 2.45) is 0 Å². The van der Waals surface area contributed by atoms with Gasteiger partial charge in [0.25, 0.3) is 0 Å². The third kappa shape index (κ3) is 8.26. The van der Waals surface area contributed by atoms with Gasteiger partial charge in [0.05, 0.1) is 6.10 Å². The number of rotatable bonds is 11. The van der Waals surface area contributed by atoms with Crippen molar-refractivity contribution in [1.82, 2.24) is 5.32 Å². The Balaban J connectivity index is 1.83. The summed E-state index contributed by atoms with van der Waals surface area (Å²) in [6.07, 6.45) is 17.4. The first-order valence-corrected chi connectivity index (χ1v) is 9.18. The second kappa shape index (κ2) is 11.6. The molecule has 0 saturated carbocycles. The highest BCUT2D eigenvalue weighted by Gasteiger charge is 2.24. The normalized spacial score (nSPS) is 26.9. The fourth-order valence-corrected chi connectivity index (χ4v) is 3.29. The predicted octanol–water partition coefficient (Wildman–Crippen LogP) is 4.80. The van der Waals surface area contributed by atoms with E-state index in [9.17, 15) is 5.11 Å². The van der Waals surface area contributed by atoms with Gasteiger partial charge in [-0.05, 0) is 26.2 Å². The van der Waals surface area contributed by atoms with Crippen LogP contribution in [0.15, 0.2) is 0 Å². The summed E-state index contributed by atoms with van der Waals surface area (Å²) in [5.74, 6) is 0. The molecule has 3 atom stereocenters.